The molecule has 0 heterocycles. The molecule has 0 N–H and O–H groups in total. The van der Waals surface area contributed by atoms with E-state index in [0.717, 1.165) is 67.1 Å². The van der Waals surface area contributed by atoms with Crippen LogP contribution in [0, 0.1) is 13.8 Å². The summed E-state index contributed by atoms with van der Waals surface area (Å²) in [5.74, 6) is 1.66. The quantitative estimate of drug-likeness (QED) is 0.140. The van der Waals surface area contributed by atoms with Gasteiger partial charge in [0.2, 0.25) is 0 Å². The SMILES string of the molecule is C=C/C=C(\C=C)c1cc(-c2ccccc2)cc(-c2cccc(-c3cccc(-c4cc(C)cc(Oc5ccccc5)c4)c3)c2)c1.Cc1ccccc1. The van der Waals surface area contributed by atoms with Gasteiger partial charge in [-0.15, -0.1) is 0 Å². The molecule has 1 nitrogen and oxygen atoms in total. The summed E-state index contributed by atoms with van der Waals surface area (Å²) in [6.07, 6.45) is 5.70. The summed E-state index contributed by atoms with van der Waals surface area (Å²) < 4.78 is 6.18. The second-order valence-corrected chi connectivity index (χ2v) is 12.5. The fourth-order valence-electron chi connectivity index (χ4n) is 6.06. The number of ether oxygens (including phenoxy) is 1. The number of para-hydroxylation sites is 1. The molecule has 0 saturated heterocycles. The van der Waals surface area contributed by atoms with E-state index in [2.05, 4.69) is 148 Å². The highest BCUT2D eigenvalue weighted by Gasteiger charge is 2.10. The van der Waals surface area contributed by atoms with Gasteiger partial charge < -0.3 is 4.74 Å². The molecule has 0 saturated carbocycles. The van der Waals surface area contributed by atoms with Crippen molar-refractivity contribution in [2.45, 2.75) is 13.8 Å². The molecule has 7 aromatic carbocycles. The zero-order valence-electron chi connectivity index (χ0n) is 29.3. The Morgan fingerprint density at radius 3 is 1.41 bits per heavy atom. The van der Waals surface area contributed by atoms with Crippen LogP contribution >= 0.6 is 0 Å². The number of benzene rings is 7. The van der Waals surface area contributed by atoms with E-state index in [0.29, 0.717) is 0 Å². The van der Waals surface area contributed by atoms with Crippen LogP contribution in [0.1, 0.15) is 16.7 Å². The molecule has 0 amide bonds. The average molecular weight is 659 g/mol. The molecule has 0 bridgehead atoms. The highest BCUT2D eigenvalue weighted by Crippen LogP contribution is 2.35. The van der Waals surface area contributed by atoms with Crippen LogP contribution in [-0.2, 0) is 0 Å². The minimum Gasteiger partial charge on any atom is -0.457 e. The number of rotatable bonds is 9. The van der Waals surface area contributed by atoms with E-state index in [1.54, 1.807) is 0 Å². The van der Waals surface area contributed by atoms with Crippen LogP contribution in [0.2, 0.25) is 0 Å². The molecular formula is C50H42O. The van der Waals surface area contributed by atoms with Gasteiger partial charge in [-0.05, 0) is 130 Å². The van der Waals surface area contributed by atoms with Gasteiger partial charge in [-0.1, -0.05) is 158 Å². The smallest absolute Gasteiger partial charge is 0.128 e. The first-order chi connectivity index (χ1) is 25.0. The summed E-state index contributed by atoms with van der Waals surface area (Å²) in [5, 5.41) is 0. The first kappa shape index (κ1) is 34.4. The van der Waals surface area contributed by atoms with E-state index in [9.17, 15) is 0 Å². The highest BCUT2D eigenvalue weighted by molar-refractivity contribution is 5.85. The summed E-state index contributed by atoms with van der Waals surface area (Å²) in [4.78, 5) is 0. The van der Waals surface area contributed by atoms with E-state index in [1.165, 1.54) is 11.1 Å². The average Bonchev–Trinajstić information content (AvgIpc) is 3.18. The molecule has 0 aliphatic heterocycles. The predicted octanol–water partition coefficient (Wildman–Crippen LogP) is 14.2. The molecule has 1 heteroatoms. The van der Waals surface area contributed by atoms with Crippen molar-refractivity contribution in [1.82, 2.24) is 0 Å². The Morgan fingerprint density at radius 1 is 0.412 bits per heavy atom. The molecule has 248 valence electrons. The largest absolute Gasteiger partial charge is 0.457 e. The van der Waals surface area contributed by atoms with Crippen molar-refractivity contribution >= 4 is 5.57 Å². The third-order valence-corrected chi connectivity index (χ3v) is 8.59. The van der Waals surface area contributed by atoms with Crippen molar-refractivity contribution < 1.29 is 4.74 Å². The van der Waals surface area contributed by atoms with Gasteiger partial charge in [-0.2, -0.15) is 0 Å². The second-order valence-electron chi connectivity index (χ2n) is 12.5. The Bertz CT molecular complexity index is 2260. The van der Waals surface area contributed by atoms with Crippen LogP contribution in [0.3, 0.4) is 0 Å². The zero-order chi connectivity index (χ0) is 35.4. The maximum absolute atomic E-state index is 6.18. The van der Waals surface area contributed by atoms with Gasteiger partial charge in [0.15, 0.2) is 0 Å². The predicted molar refractivity (Wildman–Crippen MR) is 219 cm³/mol. The van der Waals surface area contributed by atoms with Crippen LogP contribution in [0.15, 0.2) is 207 Å². The first-order valence-corrected chi connectivity index (χ1v) is 17.2. The molecule has 0 unspecified atom stereocenters. The molecule has 0 aliphatic carbocycles. The van der Waals surface area contributed by atoms with Crippen molar-refractivity contribution in [3.05, 3.63) is 224 Å². The van der Waals surface area contributed by atoms with Gasteiger partial charge in [0, 0.05) is 0 Å². The molecule has 0 aromatic heterocycles. The lowest BCUT2D eigenvalue weighted by molar-refractivity contribution is 0.482. The van der Waals surface area contributed by atoms with Gasteiger partial charge in [0.25, 0.3) is 0 Å². The van der Waals surface area contributed by atoms with Gasteiger partial charge in [-0.25, -0.2) is 0 Å². The summed E-state index contributed by atoms with van der Waals surface area (Å²) >= 11 is 0. The normalized spacial score (nSPS) is 10.8. The lowest BCUT2D eigenvalue weighted by atomic mass is 9.91. The molecule has 7 rings (SSSR count). The molecule has 0 aliphatic rings. The first-order valence-electron chi connectivity index (χ1n) is 17.2. The van der Waals surface area contributed by atoms with Crippen molar-refractivity contribution in [2.24, 2.45) is 0 Å². The molecule has 51 heavy (non-hydrogen) atoms. The van der Waals surface area contributed by atoms with E-state index in [4.69, 9.17) is 4.74 Å². The molecule has 0 spiro atoms. The van der Waals surface area contributed by atoms with Crippen LogP contribution < -0.4 is 4.74 Å². The summed E-state index contributed by atoms with van der Waals surface area (Å²) in [6, 6.07) is 61.3. The minimum atomic E-state index is 0.828. The highest BCUT2D eigenvalue weighted by atomic mass is 16.5. The Morgan fingerprint density at radius 2 is 0.882 bits per heavy atom. The summed E-state index contributed by atoms with van der Waals surface area (Å²) in [5.41, 5.74) is 13.9. The van der Waals surface area contributed by atoms with Gasteiger partial charge in [0.05, 0.1) is 0 Å². The van der Waals surface area contributed by atoms with Gasteiger partial charge >= 0.3 is 0 Å². The van der Waals surface area contributed by atoms with Crippen LogP contribution in [0.5, 0.6) is 11.5 Å². The van der Waals surface area contributed by atoms with E-state index < -0.39 is 0 Å². The summed E-state index contributed by atoms with van der Waals surface area (Å²) in [6.45, 7) is 12.2. The Labute approximate surface area is 303 Å². The number of hydrogen-bond donors (Lipinski definition) is 0. The third-order valence-electron chi connectivity index (χ3n) is 8.59. The van der Waals surface area contributed by atoms with E-state index in [1.807, 2.05) is 72.8 Å². The van der Waals surface area contributed by atoms with Crippen LogP contribution in [0.4, 0.5) is 0 Å². The topological polar surface area (TPSA) is 9.23 Å². The molecule has 7 aromatic rings. The standard InChI is InChI=1S/C43H34O.C7H8/c1-4-14-32(5-2)39-27-40(33-15-8-6-9-16-33)29-41(28-39)37-20-13-18-35(26-37)34-17-12-19-36(25-34)38-23-31(3)24-43(30-38)44-42-21-10-7-11-22-42;1-7-5-3-2-4-6-7/h4-30H,1-2H2,3H3;2-6H,1H3/b32-14+;. The Balaban J connectivity index is 0.000000573. The minimum absolute atomic E-state index is 0.828. The lowest BCUT2D eigenvalue weighted by Gasteiger charge is -2.13. The Hall–Kier alpha value is -6.44. The second kappa shape index (κ2) is 16.8. The van der Waals surface area contributed by atoms with Gasteiger partial charge in [-0.3, -0.25) is 0 Å². The van der Waals surface area contributed by atoms with E-state index >= 15 is 0 Å². The van der Waals surface area contributed by atoms with E-state index in [-0.39, 0.29) is 0 Å². The number of aryl methyl sites for hydroxylation is 2. The fourth-order valence-corrected chi connectivity index (χ4v) is 6.06. The van der Waals surface area contributed by atoms with Crippen LogP contribution in [0.25, 0.3) is 50.1 Å². The van der Waals surface area contributed by atoms with Crippen molar-refractivity contribution in [1.29, 1.82) is 0 Å². The van der Waals surface area contributed by atoms with Gasteiger partial charge in [0.1, 0.15) is 11.5 Å². The van der Waals surface area contributed by atoms with Crippen molar-refractivity contribution in [2.75, 3.05) is 0 Å². The molecule has 0 radical (unpaired) electrons. The molecule has 0 atom stereocenters. The number of allylic oxidation sites excluding steroid dienone is 4. The monoisotopic (exact) mass is 658 g/mol. The third kappa shape index (κ3) is 9.17. The summed E-state index contributed by atoms with van der Waals surface area (Å²) in [7, 11) is 0. The molecule has 0 fully saturated rings. The zero-order valence-corrected chi connectivity index (χ0v) is 29.3. The number of hydrogen-bond acceptors (Lipinski definition) is 1. The maximum atomic E-state index is 6.18. The molecular weight excluding hydrogens is 617 g/mol. The fraction of sp³-hybridized carbons (Fsp3) is 0.0400. The lowest BCUT2D eigenvalue weighted by Crippen LogP contribution is -1.89. The van der Waals surface area contributed by atoms with Crippen molar-refractivity contribution in [3.8, 4) is 56.0 Å². The maximum Gasteiger partial charge on any atom is 0.128 e. The van der Waals surface area contributed by atoms with Crippen molar-refractivity contribution in [3.63, 3.8) is 0 Å². The Kier molecular flexibility index (Phi) is 11.3. The van der Waals surface area contributed by atoms with Crippen LogP contribution in [-0.4, -0.2) is 0 Å².